The van der Waals surface area contributed by atoms with Crippen molar-refractivity contribution in [2.24, 2.45) is 23.3 Å². The highest BCUT2D eigenvalue weighted by Gasteiger charge is 2.40. The summed E-state index contributed by atoms with van der Waals surface area (Å²) in [4.78, 5) is 35.5. The largest absolute Gasteiger partial charge is 0.380 e. The second-order valence-corrected chi connectivity index (χ2v) is 17.3. The van der Waals surface area contributed by atoms with E-state index >= 15 is 0 Å². The van der Waals surface area contributed by atoms with E-state index in [1.807, 2.05) is 0 Å². The summed E-state index contributed by atoms with van der Waals surface area (Å²) in [6.45, 7) is 3.57. The lowest BCUT2D eigenvalue weighted by molar-refractivity contribution is -0.136. The molecule has 0 spiro atoms. The minimum Gasteiger partial charge on any atom is -0.380 e. The monoisotopic (exact) mass is 749 g/mol. The van der Waals surface area contributed by atoms with Gasteiger partial charge in [-0.25, -0.2) is 0 Å². The molecular weight excluding hydrogens is 685 g/mol. The van der Waals surface area contributed by atoms with Gasteiger partial charge in [0.15, 0.2) is 0 Å². The predicted octanol–water partition coefficient (Wildman–Crippen LogP) is 7.65. The van der Waals surface area contributed by atoms with Crippen LogP contribution in [-0.4, -0.2) is 81.6 Å². The van der Waals surface area contributed by atoms with Gasteiger partial charge in [0.05, 0.1) is 18.7 Å². The first-order chi connectivity index (χ1) is 27.0. The molecule has 4 fully saturated rings. The molecule has 2 saturated heterocycles. The van der Waals surface area contributed by atoms with Crippen LogP contribution in [0.3, 0.4) is 0 Å². The Morgan fingerprint density at radius 1 is 0.727 bits per heavy atom. The molecular formula is C46H64N6O3. The van der Waals surface area contributed by atoms with Crippen molar-refractivity contribution in [2.75, 3.05) is 26.3 Å². The lowest BCUT2D eigenvalue weighted by Crippen LogP contribution is -2.51. The van der Waals surface area contributed by atoms with E-state index in [9.17, 15) is 9.59 Å². The summed E-state index contributed by atoms with van der Waals surface area (Å²) in [7, 11) is 0. The summed E-state index contributed by atoms with van der Waals surface area (Å²) >= 11 is 0. The number of para-hydroxylation sites is 2. The number of carbonyl (C=O) groups is 2. The molecule has 5 atom stereocenters. The third kappa shape index (κ3) is 8.26. The number of nitrogens with zero attached hydrogens (tertiary/aromatic N) is 3. The first kappa shape index (κ1) is 38.2. The third-order valence-corrected chi connectivity index (χ3v) is 14.0. The number of aromatic amines is 1. The zero-order valence-electron chi connectivity index (χ0n) is 32.9. The number of fused-ring (bicyclic) bond motifs is 2. The van der Waals surface area contributed by atoms with Crippen molar-refractivity contribution in [1.29, 1.82) is 0 Å². The molecule has 0 bridgehead atoms. The highest BCUT2D eigenvalue weighted by molar-refractivity contribution is 5.86. The van der Waals surface area contributed by atoms with Gasteiger partial charge in [-0.2, -0.15) is 0 Å². The van der Waals surface area contributed by atoms with Crippen molar-refractivity contribution in [1.82, 2.24) is 19.4 Å². The molecule has 9 nitrogen and oxygen atoms in total. The average molecular weight is 749 g/mol. The van der Waals surface area contributed by atoms with Crippen LogP contribution in [0.5, 0.6) is 0 Å². The van der Waals surface area contributed by atoms with Gasteiger partial charge >= 0.3 is 0 Å². The number of ether oxygens (including phenoxy) is 1. The number of nitrogens with one attached hydrogen (secondary N) is 1. The van der Waals surface area contributed by atoms with Crippen molar-refractivity contribution in [3.63, 3.8) is 0 Å². The summed E-state index contributed by atoms with van der Waals surface area (Å²) in [5.41, 5.74) is 18.3. The molecule has 2 aliphatic carbocycles. The van der Waals surface area contributed by atoms with Gasteiger partial charge < -0.3 is 35.6 Å². The fourth-order valence-corrected chi connectivity index (χ4v) is 11.0. The third-order valence-electron chi connectivity index (χ3n) is 14.0. The standard InChI is InChI=1S/C46H64N6O3/c47-43(32-13-3-1-4-14-32)45(53)51-24-11-17-35(51)29-34-31-50(41-21-10-8-18-36(34)41)26-28-55-27-23-38(39-30-49-40-20-9-7-19-37(39)40)42-22-12-25-52(42)46(54)44(48)33-15-5-2-6-16-33/h7-10,18-21,30-33,35,38,42-44,49H,1-6,11-17,22-29,47-48H2. The van der Waals surface area contributed by atoms with E-state index in [4.69, 9.17) is 16.2 Å². The molecule has 9 heteroatoms. The fourth-order valence-electron chi connectivity index (χ4n) is 11.0. The van der Waals surface area contributed by atoms with Gasteiger partial charge in [0.1, 0.15) is 0 Å². The summed E-state index contributed by atoms with van der Waals surface area (Å²) in [5, 5.41) is 2.49. The molecule has 55 heavy (non-hydrogen) atoms. The topological polar surface area (TPSA) is 123 Å². The molecule has 4 heterocycles. The highest BCUT2D eigenvalue weighted by atomic mass is 16.5. The first-order valence-corrected chi connectivity index (χ1v) is 21.8. The average Bonchev–Trinajstić information content (AvgIpc) is 4.06. The lowest BCUT2D eigenvalue weighted by Gasteiger charge is -2.36. The van der Waals surface area contributed by atoms with Crippen LogP contribution in [0.2, 0.25) is 0 Å². The molecule has 5 N–H and O–H groups in total. The SMILES string of the molecule is NC(C(=O)N1CCCC1Cc1cn(CCOCCC(c2c[nH]c3ccccc23)C2CCCN2C(=O)C(N)C2CCCCC2)c2ccccc12)C1CCCCC1. The Morgan fingerprint density at radius 2 is 1.36 bits per heavy atom. The molecule has 2 amide bonds. The Morgan fingerprint density at radius 3 is 2.11 bits per heavy atom. The zero-order valence-corrected chi connectivity index (χ0v) is 32.9. The van der Waals surface area contributed by atoms with E-state index in [2.05, 4.69) is 80.3 Å². The van der Waals surface area contributed by atoms with Gasteiger partial charge in [0.25, 0.3) is 0 Å². The minimum atomic E-state index is -0.404. The molecule has 2 aromatic carbocycles. The van der Waals surface area contributed by atoms with Crippen molar-refractivity contribution >= 4 is 33.6 Å². The first-order valence-electron chi connectivity index (χ1n) is 21.8. The zero-order chi connectivity index (χ0) is 37.7. The molecule has 8 rings (SSSR count). The summed E-state index contributed by atoms with van der Waals surface area (Å²) in [6.07, 6.45) is 21.8. The van der Waals surface area contributed by atoms with E-state index in [-0.39, 0.29) is 35.9 Å². The number of aromatic nitrogens is 2. The van der Waals surface area contributed by atoms with Crippen molar-refractivity contribution in [3.05, 3.63) is 72.1 Å². The quantitative estimate of drug-likeness (QED) is 0.114. The molecule has 4 aromatic rings. The Kier molecular flexibility index (Phi) is 12.3. The van der Waals surface area contributed by atoms with Crippen molar-refractivity contribution in [2.45, 2.75) is 139 Å². The Hall–Kier alpha value is -3.66. The minimum absolute atomic E-state index is 0.111. The number of rotatable bonds is 14. The Bertz CT molecular complexity index is 1890. The van der Waals surface area contributed by atoms with Gasteiger partial charge in [0.2, 0.25) is 11.8 Å². The number of benzene rings is 2. The van der Waals surface area contributed by atoms with Crippen LogP contribution in [0.4, 0.5) is 0 Å². The van der Waals surface area contributed by atoms with Crippen LogP contribution in [0.25, 0.3) is 21.8 Å². The van der Waals surface area contributed by atoms with Gasteiger partial charge in [-0.15, -0.1) is 0 Å². The van der Waals surface area contributed by atoms with Crippen LogP contribution in [0.15, 0.2) is 60.9 Å². The Balaban J connectivity index is 0.924. The van der Waals surface area contributed by atoms with Crippen molar-refractivity contribution in [3.8, 4) is 0 Å². The van der Waals surface area contributed by atoms with Crippen LogP contribution in [0, 0.1) is 11.8 Å². The second-order valence-electron chi connectivity index (χ2n) is 17.3. The smallest absolute Gasteiger partial charge is 0.240 e. The molecule has 4 aliphatic rings. The summed E-state index contributed by atoms with van der Waals surface area (Å²) in [5.74, 6) is 1.09. The van der Waals surface area contributed by atoms with Crippen LogP contribution in [-0.2, 0) is 27.3 Å². The maximum Gasteiger partial charge on any atom is 0.240 e. The van der Waals surface area contributed by atoms with Crippen LogP contribution >= 0.6 is 0 Å². The van der Waals surface area contributed by atoms with E-state index in [1.54, 1.807) is 0 Å². The Labute approximate surface area is 327 Å². The van der Waals surface area contributed by atoms with E-state index in [0.717, 1.165) is 89.4 Å². The van der Waals surface area contributed by atoms with Crippen molar-refractivity contribution < 1.29 is 14.3 Å². The van der Waals surface area contributed by atoms with Gasteiger partial charge in [-0.1, -0.05) is 74.9 Å². The number of hydrogen-bond acceptors (Lipinski definition) is 5. The fraction of sp³-hybridized carbons (Fsp3) is 0.609. The number of nitrogens with two attached hydrogens (primary N) is 2. The molecule has 0 radical (unpaired) electrons. The molecule has 2 aromatic heterocycles. The van der Waals surface area contributed by atoms with E-state index < -0.39 is 6.04 Å². The highest BCUT2D eigenvalue weighted by Crippen LogP contribution is 2.39. The van der Waals surface area contributed by atoms with E-state index in [1.165, 1.54) is 65.9 Å². The number of amides is 2. The van der Waals surface area contributed by atoms with Gasteiger partial charge in [-0.05, 0) is 99.3 Å². The molecule has 296 valence electrons. The maximum atomic E-state index is 14.0. The predicted molar refractivity (Wildman–Crippen MR) is 221 cm³/mol. The number of carbonyl (C=O) groups excluding carboxylic acids is 2. The van der Waals surface area contributed by atoms with Gasteiger partial charge in [-0.3, -0.25) is 9.59 Å². The molecule has 2 aliphatic heterocycles. The van der Waals surface area contributed by atoms with E-state index in [0.29, 0.717) is 25.0 Å². The normalized spacial score (nSPS) is 23.2. The number of hydrogen-bond donors (Lipinski definition) is 3. The summed E-state index contributed by atoms with van der Waals surface area (Å²) in [6, 6.07) is 16.7. The summed E-state index contributed by atoms with van der Waals surface area (Å²) < 4.78 is 8.81. The second kappa shape index (κ2) is 17.6. The lowest BCUT2D eigenvalue weighted by atomic mass is 9.83. The molecule has 2 saturated carbocycles. The van der Waals surface area contributed by atoms with Crippen LogP contribution in [0.1, 0.15) is 113 Å². The number of H-pyrrole nitrogens is 1. The van der Waals surface area contributed by atoms with Gasteiger partial charge in [0, 0.05) is 78.4 Å². The number of likely N-dealkylation sites (tertiary alicyclic amines) is 2. The maximum absolute atomic E-state index is 14.0. The van der Waals surface area contributed by atoms with Crippen LogP contribution < -0.4 is 11.5 Å². The molecule has 5 unspecified atom stereocenters.